The number of ether oxygens (including phenoxy) is 1. The summed E-state index contributed by atoms with van der Waals surface area (Å²) in [7, 11) is 0. The number of rotatable bonds is 7. The number of nitrogens with one attached hydrogen (secondary N) is 1. The van der Waals surface area contributed by atoms with Crippen molar-refractivity contribution in [1.82, 2.24) is 24.5 Å². The number of aliphatic hydroxyl groups is 1. The highest BCUT2D eigenvalue weighted by molar-refractivity contribution is 6.34. The van der Waals surface area contributed by atoms with Gasteiger partial charge in [-0.05, 0) is 37.8 Å². The summed E-state index contributed by atoms with van der Waals surface area (Å²) in [6.07, 6.45) is 3.29. The number of likely N-dealkylation sites (tertiary alicyclic amines) is 1. The van der Waals surface area contributed by atoms with Gasteiger partial charge in [-0.3, -0.25) is 9.59 Å². The zero-order valence-electron chi connectivity index (χ0n) is 19.6. The topological polar surface area (TPSA) is 113 Å². The first kappa shape index (κ1) is 24.0. The number of nitrogens with zero attached hydrogens (tertiary/aromatic N) is 4. The van der Waals surface area contributed by atoms with E-state index >= 15 is 0 Å². The Morgan fingerprint density at radius 1 is 1.17 bits per heavy atom. The van der Waals surface area contributed by atoms with Gasteiger partial charge in [0, 0.05) is 30.8 Å². The summed E-state index contributed by atoms with van der Waals surface area (Å²) >= 11 is 6.46. The molecule has 9 nitrogen and oxygen atoms in total. The second-order valence-corrected chi connectivity index (χ2v) is 9.14. The van der Waals surface area contributed by atoms with E-state index in [9.17, 15) is 14.7 Å². The Kier molecular flexibility index (Phi) is 7.02. The van der Waals surface area contributed by atoms with E-state index in [1.165, 1.54) is 10.6 Å². The highest BCUT2D eigenvalue weighted by Crippen LogP contribution is 2.31. The maximum absolute atomic E-state index is 13.5. The van der Waals surface area contributed by atoms with Crippen molar-refractivity contribution in [2.75, 3.05) is 13.2 Å². The van der Waals surface area contributed by atoms with E-state index in [4.69, 9.17) is 16.3 Å². The number of carbonyl (C=O) groups is 1. The minimum absolute atomic E-state index is 0.0000386. The van der Waals surface area contributed by atoms with E-state index in [1.54, 1.807) is 23.1 Å². The highest BCUT2D eigenvalue weighted by Gasteiger charge is 2.30. The van der Waals surface area contributed by atoms with Crippen molar-refractivity contribution in [3.8, 4) is 17.1 Å². The summed E-state index contributed by atoms with van der Waals surface area (Å²) in [6, 6.07) is 15.8. The Hall–Kier alpha value is -3.69. The molecule has 10 heteroatoms. The third-order valence-electron chi connectivity index (χ3n) is 6.34. The molecule has 186 valence electrons. The number of aliphatic hydroxyl groups excluding tert-OH is 1. The molecule has 2 N–H and O–H groups in total. The van der Waals surface area contributed by atoms with Crippen molar-refractivity contribution < 1.29 is 14.6 Å². The van der Waals surface area contributed by atoms with Gasteiger partial charge in [-0.15, -0.1) is 5.10 Å². The Labute approximate surface area is 212 Å². The van der Waals surface area contributed by atoms with Gasteiger partial charge in [-0.2, -0.15) is 9.50 Å². The van der Waals surface area contributed by atoms with Gasteiger partial charge >= 0.3 is 0 Å². The predicted octanol–water partition coefficient (Wildman–Crippen LogP) is 3.69. The number of hydrogen-bond acceptors (Lipinski definition) is 6. The maximum Gasteiger partial charge on any atom is 0.276 e. The monoisotopic (exact) mass is 507 g/mol. The average Bonchev–Trinajstić information content (AvgIpc) is 3.33. The molecule has 1 aliphatic rings. The van der Waals surface area contributed by atoms with Gasteiger partial charge in [0.15, 0.2) is 5.82 Å². The molecule has 1 saturated heterocycles. The smallest absolute Gasteiger partial charge is 0.276 e. The first-order valence-electron chi connectivity index (χ1n) is 11.9. The SMILES string of the molecule is O=C(c1c(Cl)cccc1OCc1cc(=O)n2nc(-c3ccccc3)nc2[nH]1)N1CCCCC1CCO. The van der Waals surface area contributed by atoms with Crippen LogP contribution in [0.5, 0.6) is 5.75 Å². The van der Waals surface area contributed by atoms with Crippen LogP contribution in [0.3, 0.4) is 0 Å². The molecule has 36 heavy (non-hydrogen) atoms. The van der Waals surface area contributed by atoms with Crippen molar-refractivity contribution in [1.29, 1.82) is 0 Å². The third-order valence-corrected chi connectivity index (χ3v) is 6.66. The zero-order chi connectivity index (χ0) is 25.1. The summed E-state index contributed by atoms with van der Waals surface area (Å²) < 4.78 is 7.20. The summed E-state index contributed by atoms with van der Waals surface area (Å²) in [5.74, 6) is 0.835. The minimum atomic E-state index is -0.348. The summed E-state index contributed by atoms with van der Waals surface area (Å²) in [4.78, 5) is 35.5. The largest absolute Gasteiger partial charge is 0.486 e. The number of aromatic amines is 1. The zero-order valence-corrected chi connectivity index (χ0v) is 20.3. The van der Waals surface area contributed by atoms with Crippen LogP contribution in [0.25, 0.3) is 17.2 Å². The highest BCUT2D eigenvalue weighted by atomic mass is 35.5. The van der Waals surface area contributed by atoms with Gasteiger partial charge < -0.3 is 19.7 Å². The Bertz CT molecular complexity index is 1430. The van der Waals surface area contributed by atoms with Crippen molar-refractivity contribution in [3.63, 3.8) is 0 Å². The number of hydrogen-bond donors (Lipinski definition) is 2. The number of carbonyl (C=O) groups excluding carboxylic acids is 1. The first-order valence-corrected chi connectivity index (χ1v) is 12.3. The van der Waals surface area contributed by atoms with Gasteiger partial charge in [0.05, 0.1) is 10.7 Å². The molecule has 1 aliphatic heterocycles. The maximum atomic E-state index is 13.5. The molecule has 1 amide bonds. The van der Waals surface area contributed by atoms with E-state index in [0.29, 0.717) is 41.0 Å². The molecule has 2 aromatic heterocycles. The summed E-state index contributed by atoms with van der Waals surface area (Å²) in [5.41, 5.74) is 1.21. The third kappa shape index (κ3) is 4.84. The second kappa shape index (κ2) is 10.5. The number of piperidine rings is 1. The molecule has 2 aromatic carbocycles. The molecular weight excluding hydrogens is 482 g/mol. The number of fused-ring (bicyclic) bond motifs is 1. The lowest BCUT2D eigenvalue weighted by molar-refractivity contribution is 0.0570. The lowest BCUT2D eigenvalue weighted by Gasteiger charge is -2.36. The van der Waals surface area contributed by atoms with E-state index in [2.05, 4.69) is 15.1 Å². The average molecular weight is 508 g/mol. The summed E-state index contributed by atoms with van der Waals surface area (Å²) in [5, 5.41) is 14.0. The number of benzene rings is 2. The van der Waals surface area contributed by atoms with Crippen molar-refractivity contribution in [2.45, 2.75) is 38.3 Å². The molecule has 3 heterocycles. The molecule has 1 fully saturated rings. The van der Waals surface area contributed by atoms with Gasteiger partial charge in [0.1, 0.15) is 17.9 Å². The lowest BCUT2D eigenvalue weighted by atomic mass is 9.98. The van der Waals surface area contributed by atoms with Crippen LogP contribution < -0.4 is 10.3 Å². The molecular formula is C26H26ClN5O4. The molecule has 0 aliphatic carbocycles. The fourth-order valence-electron chi connectivity index (χ4n) is 4.57. The quantitative estimate of drug-likeness (QED) is 0.394. The van der Waals surface area contributed by atoms with Crippen LogP contribution >= 0.6 is 11.6 Å². The van der Waals surface area contributed by atoms with E-state index in [-0.39, 0.29) is 36.3 Å². The predicted molar refractivity (Wildman–Crippen MR) is 135 cm³/mol. The Morgan fingerprint density at radius 3 is 2.81 bits per heavy atom. The van der Waals surface area contributed by atoms with Crippen LogP contribution in [0.1, 0.15) is 41.7 Å². The number of halogens is 1. The van der Waals surface area contributed by atoms with Crippen LogP contribution in [0.15, 0.2) is 59.4 Å². The second-order valence-electron chi connectivity index (χ2n) is 8.73. The van der Waals surface area contributed by atoms with Crippen molar-refractivity contribution in [3.05, 3.63) is 81.2 Å². The van der Waals surface area contributed by atoms with Crippen LogP contribution in [0.4, 0.5) is 0 Å². The van der Waals surface area contributed by atoms with Crippen molar-refractivity contribution >= 4 is 23.3 Å². The molecule has 0 saturated carbocycles. The fourth-order valence-corrected chi connectivity index (χ4v) is 4.82. The minimum Gasteiger partial charge on any atom is -0.486 e. The van der Waals surface area contributed by atoms with Gasteiger partial charge in [0.2, 0.25) is 5.78 Å². The van der Waals surface area contributed by atoms with E-state index < -0.39 is 0 Å². The molecule has 0 spiro atoms. The van der Waals surface area contributed by atoms with E-state index in [1.807, 2.05) is 30.3 Å². The molecule has 1 unspecified atom stereocenters. The molecule has 5 rings (SSSR count). The van der Waals surface area contributed by atoms with Gasteiger partial charge in [-0.1, -0.05) is 48.0 Å². The van der Waals surface area contributed by atoms with Crippen molar-refractivity contribution in [2.24, 2.45) is 0 Å². The lowest BCUT2D eigenvalue weighted by Crippen LogP contribution is -2.44. The van der Waals surface area contributed by atoms with E-state index in [0.717, 1.165) is 24.8 Å². The molecule has 1 atom stereocenters. The number of H-pyrrole nitrogens is 1. The fraction of sp³-hybridized carbons (Fsp3) is 0.308. The molecule has 4 aromatic rings. The van der Waals surface area contributed by atoms with Crippen LogP contribution in [0, 0.1) is 0 Å². The van der Waals surface area contributed by atoms with Gasteiger partial charge in [-0.25, -0.2) is 0 Å². The number of aromatic nitrogens is 4. The normalized spacial score (nSPS) is 15.8. The Morgan fingerprint density at radius 2 is 2.00 bits per heavy atom. The number of amides is 1. The molecule has 0 bridgehead atoms. The summed E-state index contributed by atoms with van der Waals surface area (Å²) in [6.45, 7) is 0.625. The standard InChI is InChI=1S/C26H26ClN5O4/c27-20-10-6-11-21(23(20)25(35)31-13-5-4-9-19(31)12-14-33)36-16-18-15-22(34)32-26(28-18)29-24(30-32)17-7-2-1-3-8-17/h1-3,6-8,10-11,15,19,33H,4-5,9,12-14,16H2,(H,28,29,30). The van der Waals surface area contributed by atoms with Gasteiger partial charge in [0.25, 0.3) is 11.5 Å². The van der Waals surface area contributed by atoms with Crippen LogP contribution in [-0.2, 0) is 6.61 Å². The first-order chi connectivity index (χ1) is 17.5. The Balaban J connectivity index is 1.40. The van der Waals surface area contributed by atoms with Crippen LogP contribution in [0.2, 0.25) is 5.02 Å². The molecule has 0 radical (unpaired) electrons. The van der Waals surface area contributed by atoms with Crippen LogP contribution in [-0.4, -0.2) is 54.7 Å².